The molecule has 0 fully saturated rings. The summed E-state index contributed by atoms with van der Waals surface area (Å²) in [6, 6.07) is 6.58. The molecule has 1 heterocycles. The maximum absolute atomic E-state index is 13.5. The van der Waals surface area contributed by atoms with Gasteiger partial charge < -0.3 is 14.8 Å². The summed E-state index contributed by atoms with van der Waals surface area (Å²) in [6.07, 6.45) is 1.69. The zero-order valence-corrected chi connectivity index (χ0v) is 12.8. The minimum absolute atomic E-state index is 0.0630. The predicted octanol–water partition coefficient (Wildman–Crippen LogP) is 3.34. The average molecular weight is 340 g/mol. The van der Waals surface area contributed by atoms with E-state index in [1.54, 1.807) is 12.1 Å². The van der Waals surface area contributed by atoms with Gasteiger partial charge in [-0.05, 0) is 29.8 Å². The minimum atomic E-state index is -1.10. The number of benzene rings is 1. The van der Waals surface area contributed by atoms with Gasteiger partial charge in [-0.25, -0.2) is 4.39 Å². The summed E-state index contributed by atoms with van der Waals surface area (Å²) in [5.74, 6) is -1.45. The zero-order chi connectivity index (χ0) is 16.8. The molecule has 1 aromatic carbocycles. The van der Waals surface area contributed by atoms with Crippen molar-refractivity contribution in [2.45, 2.75) is 25.3 Å². The number of hydrogen-bond donors (Lipinski definition) is 2. The Bertz CT molecular complexity index is 687. The van der Waals surface area contributed by atoms with E-state index in [1.807, 2.05) is 0 Å². The Balaban J connectivity index is 2.03. The Morgan fingerprint density at radius 1 is 1.35 bits per heavy atom. The highest BCUT2D eigenvalue weighted by atomic mass is 35.5. The van der Waals surface area contributed by atoms with E-state index in [2.05, 4.69) is 5.32 Å². The Morgan fingerprint density at radius 3 is 2.74 bits per heavy atom. The first kappa shape index (κ1) is 17.0. The molecule has 5 nitrogen and oxygen atoms in total. The van der Waals surface area contributed by atoms with E-state index >= 15 is 0 Å². The summed E-state index contributed by atoms with van der Waals surface area (Å²) < 4.78 is 18.7. The quantitative estimate of drug-likeness (QED) is 0.810. The molecule has 0 spiro atoms. The molecule has 23 heavy (non-hydrogen) atoms. The van der Waals surface area contributed by atoms with Gasteiger partial charge in [0.25, 0.3) is 0 Å². The second-order valence-electron chi connectivity index (χ2n) is 4.97. The molecular formula is C16H15ClFNO4. The summed E-state index contributed by atoms with van der Waals surface area (Å²) >= 11 is 5.61. The van der Waals surface area contributed by atoms with Gasteiger partial charge in [-0.3, -0.25) is 9.59 Å². The maximum Gasteiger partial charge on any atom is 0.305 e. The lowest BCUT2D eigenvalue weighted by Gasteiger charge is -2.17. The van der Waals surface area contributed by atoms with Crippen molar-refractivity contribution >= 4 is 23.5 Å². The number of carboxylic acid groups (broad SMARTS) is 1. The van der Waals surface area contributed by atoms with Gasteiger partial charge in [0, 0.05) is 12.8 Å². The number of carbonyl (C=O) groups excluding carboxylic acids is 1. The van der Waals surface area contributed by atoms with Crippen molar-refractivity contribution in [2.75, 3.05) is 0 Å². The minimum Gasteiger partial charge on any atom is -0.481 e. The third-order valence-corrected chi connectivity index (χ3v) is 3.55. The van der Waals surface area contributed by atoms with Crippen molar-refractivity contribution in [1.29, 1.82) is 0 Å². The van der Waals surface area contributed by atoms with Crippen LogP contribution >= 0.6 is 11.6 Å². The van der Waals surface area contributed by atoms with E-state index in [0.717, 1.165) is 6.07 Å². The monoisotopic (exact) mass is 339 g/mol. The third-order valence-electron chi connectivity index (χ3n) is 3.24. The fourth-order valence-corrected chi connectivity index (χ4v) is 2.23. The van der Waals surface area contributed by atoms with Gasteiger partial charge in [-0.2, -0.15) is 0 Å². The van der Waals surface area contributed by atoms with Crippen LogP contribution in [0.15, 0.2) is 41.0 Å². The van der Waals surface area contributed by atoms with Crippen LogP contribution in [0.2, 0.25) is 5.02 Å². The van der Waals surface area contributed by atoms with Gasteiger partial charge in [0.2, 0.25) is 5.91 Å². The summed E-state index contributed by atoms with van der Waals surface area (Å²) in [5, 5.41) is 11.5. The standard InChI is InChI=1S/C16H15ClFNO4/c17-12-5-3-10(8-13(12)18)14(9-16(21)22)19-15(20)6-4-11-2-1-7-23-11/h1-3,5,7-8,14H,4,6,9H2,(H,19,20)(H,21,22). The van der Waals surface area contributed by atoms with E-state index in [9.17, 15) is 14.0 Å². The summed E-state index contributed by atoms with van der Waals surface area (Å²) in [6.45, 7) is 0. The van der Waals surface area contributed by atoms with Crippen molar-refractivity contribution in [1.82, 2.24) is 5.32 Å². The van der Waals surface area contributed by atoms with E-state index in [4.69, 9.17) is 21.1 Å². The highest BCUT2D eigenvalue weighted by Crippen LogP contribution is 2.22. The maximum atomic E-state index is 13.5. The molecule has 0 aliphatic rings. The Morgan fingerprint density at radius 2 is 2.13 bits per heavy atom. The lowest BCUT2D eigenvalue weighted by molar-refractivity contribution is -0.137. The third kappa shape index (κ3) is 5.10. The first-order chi connectivity index (χ1) is 11.0. The molecule has 1 atom stereocenters. The number of nitrogens with one attached hydrogen (secondary N) is 1. The SMILES string of the molecule is O=C(O)CC(NC(=O)CCc1ccco1)c1ccc(Cl)c(F)c1. The molecule has 0 saturated carbocycles. The Kier molecular flexibility index (Phi) is 5.76. The van der Waals surface area contributed by atoms with Gasteiger partial charge in [-0.15, -0.1) is 0 Å². The van der Waals surface area contributed by atoms with Crippen molar-refractivity contribution in [3.05, 3.63) is 58.8 Å². The van der Waals surface area contributed by atoms with Gasteiger partial charge >= 0.3 is 5.97 Å². The van der Waals surface area contributed by atoms with E-state index in [0.29, 0.717) is 17.7 Å². The largest absolute Gasteiger partial charge is 0.481 e. The second kappa shape index (κ2) is 7.78. The molecule has 1 amide bonds. The van der Waals surface area contributed by atoms with Crippen LogP contribution in [0.4, 0.5) is 4.39 Å². The van der Waals surface area contributed by atoms with Gasteiger partial charge in [-0.1, -0.05) is 17.7 Å². The number of carbonyl (C=O) groups is 2. The van der Waals surface area contributed by atoms with E-state index in [1.165, 1.54) is 18.4 Å². The highest BCUT2D eigenvalue weighted by molar-refractivity contribution is 6.30. The van der Waals surface area contributed by atoms with Crippen molar-refractivity contribution in [3.8, 4) is 0 Å². The first-order valence-electron chi connectivity index (χ1n) is 6.94. The number of aryl methyl sites for hydroxylation is 1. The number of carboxylic acids is 1. The highest BCUT2D eigenvalue weighted by Gasteiger charge is 2.19. The molecule has 122 valence electrons. The Hall–Kier alpha value is -2.34. The summed E-state index contributed by atoms with van der Waals surface area (Å²) in [5.41, 5.74) is 0.348. The Labute approximate surface area is 137 Å². The van der Waals surface area contributed by atoms with Crippen LogP contribution in [-0.2, 0) is 16.0 Å². The molecule has 1 unspecified atom stereocenters. The van der Waals surface area contributed by atoms with E-state index in [-0.39, 0.29) is 23.8 Å². The molecule has 2 rings (SSSR count). The smallest absolute Gasteiger partial charge is 0.305 e. The number of furan rings is 1. The number of hydrogen-bond acceptors (Lipinski definition) is 3. The summed E-state index contributed by atoms with van der Waals surface area (Å²) in [7, 11) is 0. The topological polar surface area (TPSA) is 79.5 Å². The molecule has 0 radical (unpaired) electrons. The normalized spacial score (nSPS) is 11.9. The fourth-order valence-electron chi connectivity index (χ4n) is 2.11. The molecule has 1 aromatic heterocycles. The van der Waals surface area contributed by atoms with Crippen LogP contribution in [0.5, 0.6) is 0 Å². The number of amides is 1. The number of aliphatic carboxylic acids is 1. The zero-order valence-electron chi connectivity index (χ0n) is 12.1. The summed E-state index contributed by atoms with van der Waals surface area (Å²) in [4.78, 5) is 23.0. The van der Waals surface area contributed by atoms with Crippen LogP contribution in [-0.4, -0.2) is 17.0 Å². The van der Waals surface area contributed by atoms with Crippen LogP contribution in [0.3, 0.4) is 0 Å². The predicted molar refractivity (Wildman–Crippen MR) is 81.6 cm³/mol. The molecular weight excluding hydrogens is 325 g/mol. The first-order valence-corrected chi connectivity index (χ1v) is 7.32. The van der Waals surface area contributed by atoms with Gasteiger partial charge in [0.15, 0.2) is 0 Å². The van der Waals surface area contributed by atoms with Crippen LogP contribution in [0.1, 0.15) is 30.2 Å². The lowest BCUT2D eigenvalue weighted by Crippen LogP contribution is -2.30. The molecule has 0 aliphatic carbocycles. The second-order valence-corrected chi connectivity index (χ2v) is 5.38. The lowest BCUT2D eigenvalue weighted by atomic mass is 10.0. The number of halogens is 2. The van der Waals surface area contributed by atoms with Crippen molar-refractivity contribution < 1.29 is 23.5 Å². The van der Waals surface area contributed by atoms with E-state index < -0.39 is 17.8 Å². The average Bonchev–Trinajstić information content (AvgIpc) is 3.00. The molecule has 2 aromatic rings. The van der Waals surface area contributed by atoms with Crippen LogP contribution in [0, 0.1) is 5.82 Å². The molecule has 0 bridgehead atoms. The van der Waals surface area contributed by atoms with Gasteiger partial charge in [0.05, 0.1) is 23.7 Å². The molecule has 0 saturated heterocycles. The molecule has 2 N–H and O–H groups in total. The molecule has 7 heteroatoms. The number of rotatable bonds is 7. The van der Waals surface area contributed by atoms with Gasteiger partial charge in [0.1, 0.15) is 11.6 Å². The van der Waals surface area contributed by atoms with Crippen LogP contribution < -0.4 is 5.32 Å². The fraction of sp³-hybridized carbons (Fsp3) is 0.250. The van der Waals surface area contributed by atoms with Crippen molar-refractivity contribution in [2.24, 2.45) is 0 Å². The van der Waals surface area contributed by atoms with Crippen LogP contribution in [0.25, 0.3) is 0 Å². The van der Waals surface area contributed by atoms with Crippen molar-refractivity contribution in [3.63, 3.8) is 0 Å². The molecule has 0 aliphatic heterocycles.